The lowest BCUT2D eigenvalue weighted by molar-refractivity contribution is -0.763. The summed E-state index contributed by atoms with van der Waals surface area (Å²) in [6.45, 7) is -0.111. The Hall–Kier alpha value is -2.34. The SMILES string of the molecule is NS(=O)(=O)c1cc2c(cc1Cl)N=C(Cc1ccc(CO[N+](=O)[O-])cc1)NS2. The summed E-state index contributed by atoms with van der Waals surface area (Å²) in [5, 5.41) is 14.5. The van der Waals surface area contributed by atoms with E-state index in [1.165, 1.54) is 24.1 Å². The first kappa shape index (κ1) is 19.4. The maximum Gasteiger partial charge on any atom is 0.294 e. The molecule has 142 valence electrons. The molecule has 2 aromatic carbocycles. The number of hydrogen-bond acceptors (Lipinski definition) is 8. The molecule has 0 fully saturated rings. The van der Waals surface area contributed by atoms with E-state index in [-0.39, 0.29) is 16.5 Å². The van der Waals surface area contributed by atoms with Crippen molar-refractivity contribution in [3.63, 3.8) is 0 Å². The first-order valence-electron chi connectivity index (χ1n) is 7.44. The van der Waals surface area contributed by atoms with E-state index in [9.17, 15) is 18.5 Å². The van der Waals surface area contributed by atoms with Crippen LogP contribution in [0.3, 0.4) is 0 Å². The largest absolute Gasteiger partial charge is 0.313 e. The molecule has 3 rings (SSSR count). The highest BCUT2D eigenvalue weighted by Crippen LogP contribution is 2.37. The van der Waals surface area contributed by atoms with Gasteiger partial charge >= 0.3 is 0 Å². The second kappa shape index (κ2) is 7.72. The Kier molecular flexibility index (Phi) is 5.56. The highest BCUT2D eigenvalue weighted by molar-refractivity contribution is 7.98. The summed E-state index contributed by atoms with van der Waals surface area (Å²) in [6.07, 6.45) is 0.484. The zero-order valence-corrected chi connectivity index (χ0v) is 16.0. The van der Waals surface area contributed by atoms with Crippen molar-refractivity contribution in [2.24, 2.45) is 10.1 Å². The van der Waals surface area contributed by atoms with Crippen molar-refractivity contribution in [2.75, 3.05) is 0 Å². The van der Waals surface area contributed by atoms with Gasteiger partial charge < -0.3 is 9.56 Å². The lowest BCUT2D eigenvalue weighted by Gasteiger charge is -2.18. The summed E-state index contributed by atoms with van der Waals surface area (Å²) in [4.78, 5) is 19.4. The molecule has 0 aliphatic carbocycles. The minimum atomic E-state index is -3.92. The monoisotopic (exact) mass is 428 g/mol. The second-order valence-electron chi connectivity index (χ2n) is 5.55. The molecule has 1 aliphatic rings. The number of nitrogens with two attached hydrogens (primary N) is 1. The standard InChI is InChI=1S/C15H13ClN4O5S2/c16-11-6-12-13(7-14(11)27(17,23)24)26-19-15(18-12)5-9-1-3-10(4-2-9)8-25-20(21)22/h1-4,6-7H,5,8H2,(H,18,19)(H2,17,23,24). The van der Waals surface area contributed by atoms with E-state index in [1.807, 2.05) is 12.1 Å². The van der Waals surface area contributed by atoms with Crippen molar-refractivity contribution >= 4 is 45.1 Å². The number of halogens is 1. The molecule has 0 saturated heterocycles. The van der Waals surface area contributed by atoms with E-state index < -0.39 is 15.1 Å². The summed E-state index contributed by atoms with van der Waals surface area (Å²) >= 11 is 7.22. The molecule has 0 saturated carbocycles. The summed E-state index contributed by atoms with van der Waals surface area (Å²) in [5.41, 5.74) is 2.15. The minimum Gasteiger partial charge on any atom is -0.313 e. The van der Waals surface area contributed by atoms with Crippen LogP contribution in [0.15, 0.2) is 51.2 Å². The van der Waals surface area contributed by atoms with Gasteiger partial charge in [-0.2, -0.15) is 0 Å². The van der Waals surface area contributed by atoms with Crippen molar-refractivity contribution < 1.29 is 18.3 Å². The highest BCUT2D eigenvalue weighted by Gasteiger charge is 2.20. The number of aliphatic imine (C=N–C) groups is 1. The van der Waals surface area contributed by atoms with E-state index >= 15 is 0 Å². The molecule has 0 spiro atoms. The molecule has 3 N–H and O–H groups in total. The normalized spacial score (nSPS) is 13.3. The van der Waals surface area contributed by atoms with Gasteiger partial charge in [0.15, 0.2) is 0 Å². The van der Waals surface area contributed by atoms with E-state index in [2.05, 4.69) is 14.6 Å². The topological polar surface area (TPSA) is 137 Å². The van der Waals surface area contributed by atoms with Gasteiger partial charge in [0.25, 0.3) is 5.09 Å². The van der Waals surface area contributed by atoms with Crippen LogP contribution in [0.5, 0.6) is 0 Å². The zero-order valence-electron chi connectivity index (χ0n) is 13.6. The predicted octanol–water partition coefficient (Wildman–Crippen LogP) is 2.58. The molecule has 0 unspecified atom stereocenters. The Balaban J connectivity index is 1.76. The van der Waals surface area contributed by atoms with Crippen molar-refractivity contribution in [3.05, 3.63) is 62.7 Å². The Morgan fingerprint density at radius 1 is 1.26 bits per heavy atom. The third-order valence-corrected chi connectivity index (χ3v) is 5.85. The minimum absolute atomic E-state index is 0.0111. The average molecular weight is 429 g/mol. The molecule has 0 atom stereocenters. The summed E-state index contributed by atoms with van der Waals surface area (Å²) in [7, 11) is -3.92. The number of nitrogens with zero attached hydrogens (tertiary/aromatic N) is 2. The van der Waals surface area contributed by atoms with Crippen LogP contribution in [0.25, 0.3) is 0 Å². The van der Waals surface area contributed by atoms with Gasteiger partial charge in [0, 0.05) is 6.42 Å². The molecule has 27 heavy (non-hydrogen) atoms. The van der Waals surface area contributed by atoms with Crippen LogP contribution >= 0.6 is 23.5 Å². The van der Waals surface area contributed by atoms with Crippen molar-refractivity contribution in [1.82, 2.24) is 4.72 Å². The number of rotatable bonds is 6. The van der Waals surface area contributed by atoms with Crippen molar-refractivity contribution in [3.8, 4) is 0 Å². The van der Waals surface area contributed by atoms with Crippen LogP contribution in [-0.2, 0) is 27.9 Å². The number of primary sulfonamides is 1. The Morgan fingerprint density at radius 3 is 2.56 bits per heavy atom. The first-order valence-corrected chi connectivity index (χ1v) is 10.2. The number of fused-ring (bicyclic) bond motifs is 1. The van der Waals surface area contributed by atoms with Crippen LogP contribution in [0.2, 0.25) is 5.02 Å². The maximum absolute atomic E-state index is 11.5. The quantitative estimate of drug-likeness (QED) is 0.409. The molecule has 1 aliphatic heterocycles. The van der Waals surface area contributed by atoms with Crippen LogP contribution in [0.1, 0.15) is 11.1 Å². The second-order valence-corrected chi connectivity index (χ2v) is 8.33. The van der Waals surface area contributed by atoms with Gasteiger partial charge in [0.2, 0.25) is 10.0 Å². The van der Waals surface area contributed by atoms with Gasteiger partial charge in [0.05, 0.1) is 15.6 Å². The van der Waals surface area contributed by atoms with Crippen LogP contribution in [0.4, 0.5) is 5.69 Å². The molecule has 0 bridgehead atoms. The third-order valence-electron chi connectivity index (χ3n) is 3.59. The van der Waals surface area contributed by atoms with Crippen molar-refractivity contribution in [2.45, 2.75) is 22.8 Å². The highest BCUT2D eigenvalue weighted by atomic mass is 35.5. The van der Waals surface area contributed by atoms with Gasteiger partial charge in [-0.15, -0.1) is 10.1 Å². The van der Waals surface area contributed by atoms with E-state index in [1.54, 1.807) is 12.1 Å². The van der Waals surface area contributed by atoms with E-state index in [4.69, 9.17) is 16.7 Å². The summed E-state index contributed by atoms with van der Waals surface area (Å²) in [6, 6.07) is 9.95. The molecular formula is C15H13ClN4O5S2. The average Bonchev–Trinajstić information content (AvgIpc) is 2.59. The molecule has 9 nitrogen and oxygen atoms in total. The lowest BCUT2D eigenvalue weighted by atomic mass is 10.1. The fourth-order valence-electron chi connectivity index (χ4n) is 2.34. The van der Waals surface area contributed by atoms with Crippen LogP contribution < -0.4 is 9.86 Å². The predicted molar refractivity (Wildman–Crippen MR) is 101 cm³/mol. The molecule has 0 aromatic heterocycles. The van der Waals surface area contributed by atoms with Gasteiger partial charge in [-0.1, -0.05) is 35.9 Å². The third kappa shape index (κ3) is 4.89. The number of hydrogen-bond donors (Lipinski definition) is 2. The van der Waals surface area contributed by atoms with Crippen LogP contribution in [0, 0.1) is 10.1 Å². The molecule has 12 heteroatoms. The summed E-state index contributed by atoms with van der Waals surface area (Å²) < 4.78 is 26.1. The maximum atomic E-state index is 11.5. The van der Waals surface area contributed by atoms with Gasteiger partial charge in [0.1, 0.15) is 17.3 Å². The zero-order chi connectivity index (χ0) is 19.6. The van der Waals surface area contributed by atoms with Gasteiger partial charge in [-0.25, -0.2) is 18.5 Å². The lowest BCUT2D eigenvalue weighted by Crippen LogP contribution is -2.21. The fraction of sp³-hybridized carbons (Fsp3) is 0.133. The number of benzene rings is 2. The first-order chi connectivity index (χ1) is 12.7. The number of amidine groups is 1. The fourth-order valence-corrected chi connectivity index (χ4v) is 4.24. The Morgan fingerprint density at radius 2 is 1.93 bits per heavy atom. The Bertz CT molecular complexity index is 1030. The molecule has 0 amide bonds. The van der Waals surface area contributed by atoms with E-state index in [0.717, 1.165) is 5.56 Å². The van der Waals surface area contributed by atoms with Gasteiger partial charge in [-0.3, -0.25) is 0 Å². The smallest absolute Gasteiger partial charge is 0.294 e. The molecular weight excluding hydrogens is 416 g/mol. The number of sulfonamides is 1. The summed E-state index contributed by atoms with van der Waals surface area (Å²) in [5.74, 6) is 0.654. The van der Waals surface area contributed by atoms with Crippen molar-refractivity contribution in [1.29, 1.82) is 0 Å². The molecule has 1 heterocycles. The van der Waals surface area contributed by atoms with E-state index in [0.29, 0.717) is 28.4 Å². The molecule has 0 radical (unpaired) electrons. The van der Waals surface area contributed by atoms with Crippen LogP contribution in [-0.4, -0.2) is 19.3 Å². The number of nitrogens with one attached hydrogen (secondary N) is 1. The van der Waals surface area contributed by atoms with Gasteiger partial charge in [-0.05, 0) is 35.2 Å². The Labute approximate surface area is 163 Å². The molecule has 2 aromatic rings.